The number of anilines is 1. The Morgan fingerprint density at radius 3 is 2.50 bits per heavy atom. The number of carbonyl (C=O) groups excluding carboxylic acids is 2. The molecule has 1 heterocycles. The maximum absolute atomic E-state index is 13.0. The number of nitrogens with one attached hydrogen (secondary N) is 1. The fraction of sp³-hybridized carbons (Fsp3) is 0.200. The molecule has 5 heteroatoms. The van der Waals surface area contributed by atoms with Gasteiger partial charge in [0, 0.05) is 18.7 Å². The van der Waals surface area contributed by atoms with Gasteiger partial charge in [-0.3, -0.25) is 9.59 Å². The van der Waals surface area contributed by atoms with Gasteiger partial charge in [-0.2, -0.15) is 0 Å². The van der Waals surface area contributed by atoms with Gasteiger partial charge in [0.05, 0.1) is 11.3 Å². The highest BCUT2D eigenvalue weighted by molar-refractivity contribution is 6.10. The van der Waals surface area contributed by atoms with E-state index >= 15 is 0 Å². The zero-order valence-electron chi connectivity index (χ0n) is 17.1. The van der Waals surface area contributed by atoms with Crippen molar-refractivity contribution in [1.82, 2.24) is 5.32 Å². The highest BCUT2D eigenvalue weighted by atomic mass is 16.5. The predicted molar refractivity (Wildman–Crippen MR) is 117 cm³/mol. The zero-order valence-corrected chi connectivity index (χ0v) is 17.1. The van der Waals surface area contributed by atoms with Crippen LogP contribution in [-0.4, -0.2) is 24.9 Å². The Labute approximate surface area is 176 Å². The van der Waals surface area contributed by atoms with Gasteiger partial charge in [-0.1, -0.05) is 49.4 Å². The molecule has 0 saturated heterocycles. The van der Waals surface area contributed by atoms with E-state index in [2.05, 4.69) is 24.4 Å². The van der Waals surface area contributed by atoms with Gasteiger partial charge >= 0.3 is 0 Å². The normalized spacial score (nSPS) is 13.5. The number of carbonyl (C=O) groups is 2. The molecule has 0 unspecified atom stereocenters. The van der Waals surface area contributed by atoms with E-state index in [1.165, 1.54) is 5.56 Å². The van der Waals surface area contributed by atoms with Crippen molar-refractivity contribution in [2.75, 3.05) is 18.0 Å². The topological polar surface area (TPSA) is 58.6 Å². The van der Waals surface area contributed by atoms with Crippen molar-refractivity contribution in [2.24, 2.45) is 0 Å². The second kappa shape index (κ2) is 8.41. The number of rotatable bonds is 5. The first-order valence-corrected chi connectivity index (χ1v) is 10.1. The SMILES string of the molecule is CCN1C(=O)c2ccccc2Oc2ccc(C(=O)NC[C@@H](C)c3ccccc3)cc21. The number of benzene rings is 3. The molecule has 1 aliphatic heterocycles. The number of amides is 2. The monoisotopic (exact) mass is 400 g/mol. The molecule has 5 nitrogen and oxygen atoms in total. The molecule has 3 aromatic carbocycles. The molecule has 0 spiro atoms. The summed E-state index contributed by atoms with van der Waals surface area (Å²) < 4.78 is 6.00. The summed E-state index contributed by atoms with van der Waals surface area (Å²) in [5, 5.41) is 3.00. The first-order valence-electron chi connectivity index (χ1n) is 10.1. The molecule has 0 radical (unpaired) electrons. The van der Waals surface area contributed by atoms with Crippen LogP contribution in [0.15, 0.2) is 72.8 Å². The van der Waals surface area contributed by atoms with E-state index in [9.17, 15) is 9.59 Å². The Morgan fingerprint density at radius 1 is 1.00 bits per heavy atom. The van der Waals surface area contributed by atoms with Crippen molar-refractivity contribution in [3.8, 4) is 11.5 Å². The molecule has 0 aliphatic carbocycles. The fourth-order valence-corrected chi connectivity index (χ4v) is 3.62. The van der Waals surface area contributed by atoms with Crippen LogP contribution in [0.4, 0.5) is 5.69 Å². The van der Waals surface area contributed by atoms with E-state index in [1.807, 2.05) is 37.3 Å². The molecule has 1 aliphatic rings. The Kier molecular flexibility index (Phi) is 5.53. The third-order valence-electron chi connectivity index (χ3n) is 5.35. The molecule has 1 N–H and O–H groups in total. The minimum atomic E-state index is -0.175. The van der Waals surface area contributed by atoms with E-state index in [4.69, 9.17) is 4.74 Å². The molecular weight excluding hydrogens is 376 g/mol. The smallest absolute Gasteiger partial charge is 0.262 e. The van der Waals surface area contributed by atoms with Crippen LogP contribution in [0.1, 0.15) is 46.0 Å². The Morgan fingerprint density at radius 2 is 1.73 bits per heavy atom. The molecule has 0 aromatic heterocycles. The number of hydrogen-bond acceptors (Lipinski definition) is 3. The van der Waals surface area contributed by atoms with Crippen LogP contribution in [0.3, 0.4) is 0 Å². The van der Waals surface area contributed by atoms with Crippen LogP contribution in [0.2, 0.25) is 0 Å². The maximum atomic E-state index is 13.0. The largest absolute Gasteiger partial charge is 0.454 e. The van der Waals surface area contributed by atoms with Crippen molar-refractivity contribution in [2.45, 2.75) is 19.8 Å². The standard InChI is InChI=1S/C25H24N2O3/c1-3-27-21-15-19(24(28)26-16-17(2)18-9-5-4-6-10-18)13-14-23(21)30-22-12-8-7-11-20(22)25(27)29/h4-15,17H,3,16H2,1-2H3,(H,26,28)/t17-/m1/s1. The van der Waals surface area contributed by atoms with Gasteiger partial charge in [-0.25, -0.2) is 0 Å². The minimum absolute atomic E-state index is 0.137. The van der Waals surface area contributed by atoms with Crippen molar-refractivity contribution < 1.29 is 14.3 Å². The molecular formula is C25H24N2O3. The summed E-state index contributed by atoms with van der Waals surface area (Å²) in [5.74, 6) is 0.966. The van der Waals surface area contributed by atoms with E-state index in [-0.39, 0.29) is 17.7 Å². The molecule has 1 atom stereocenters. The molecule has 3 aromatic rings. The number of hydrogen-bond donors (Lipinski definition) is 1. The molecule has 0 bridgehead atoms. The molecule has 30 heavy (non-hydrogen) atoms. The highest BCUT2D eigenvalue weighted by Crippen LogP contribution is 2.39. The number of fused-ring (bicyclic) bond motifs is 2. The van der Waals surface area contributed by atoms with E-state index < -0.39 is 0 Å². The van der Waals surface area contributed by atoms with Gasteiger partial charge < -0.3 is 15.0 Å². The molecule has 0 saturated carbocycles. The van der Waals surface area contributed by atoms with Gasteiger partial charge in [0.15, 0.2) is 5.75 Å². The summed E-state index contributed by atoms with van der Waals surface area (Å²) in [5.41, 5.74) is 2.78. The van der Waals surface area contributed by atoms with Gasteiger partial charge in [0.2, 0.25) is 0 Å². The van der Waals surface area contributed by atoms with E-state index in [0.717, 1.165) is 0 Å². The number of para-hydroxylation sites is 1. The van der Waals surface area contributed by atoms with Crippen LogP contribution < -0.4 is 15.0 Å². The molecule has 4 rings (SSSR count). The third kappa shape index (κ3) is 3.79. The third-order valence-corrected chi connectivity index (χ3v) is 5.35. The van der Waals surface area contributed by atoms with Crippen molar-refractivity contribution in [1.29, 1.82) is 0 Å². The summed E-state index contributed by atoms with van der Waals surface area (Å²) in [6.07, 6.45) is 0. The number of nitrogens with zero attached hydrogens (tertiary/aromatic N) is 1. The van der Waals surface area contributed by atoms with Crippen molar-refractivity contribution in [3.63, 3.8) is 0 Å². The fourth-order valence-electron chi connectivity index (χ4n) is 3.62. The molecule has 0 fully saturated rings. The molecule has 152 valence electrons. The Balaban J connectivity index is 1.57. The second-order valence-electron chi connectivity index (χ2n) is 7.35. The highest BCUT2D eigenvalue weighted by Gasteiger charge is 2.27. The van der Waals surface area contributed by atoms with Crippen LogP contribution in [0.25, 0.3) is 0 Å². The summed E-state index contributed by atoms with van der Waals surface area (Å²) >= 11 is 0. The second-order valence-corrected chi connectivity index (χ2v) is 7.35. The lowest BCUT2D eigenvalue weighted by Crippen LogP contribution is -2.31. The molecule has 2 amide bonds. The lowest BCUT2D eigenvalue weighted by molar-refractivity contribution is 0.0948. The predicted octanol–water partition coefficient (Wildman–Crippen LogP) is 4.99. The summed E-state index contributed by atoms with van der Waals surface area (Å²) in [6.45, 7) is 4.98. The average molecular weight is 400 g/mol. The van der Waals surface area contributed by atoms with Gasteiger partial charge in [0.25, 0.3) is 11.8 Å². The van der Waals surface area contributed by atoms with Gasteiger partial charge in [-0.05, 0) is 48.7 Å². The van der Waals surface area contributed by atoms with Crippen LogP contribution >= 0.6 is 0 Å². The van der Waals surface area contributed by atoms with Crippen LogP contribution in [-0.2, 0) is 0 Å². The Bertz CT molecular complexity index is 1080. The summed E-state index contributed by atoms with van der Waals surface area (Å²) in [6, 6.07) is 22.5. The minimum Gasteiger partial charge on any atom is -0.454 e. The zero-order chi connectivity index (χ0) is 21.1. The first kappa shape index (κ1) is 19.7. The van der Waals surface area contributed by atoms with Gasteiger partial charge in [-0.15, -0.1) is 0 Å². The Hall–Kier alpha value is -3.60. The lowest BCUT2D eigenvalue weighted by atomic mass is 10.0. The lowest BCUT2D eigenvalue weighted by Gasteiger charge is -2.21. The number of ether oxygens (including phenoxy) is 1. The first-order chi connectivity index (χ1) is 14.6. The summed E-state index contributed by atoms with van der Waals surface area (Å²) in [7, 11) is 0. The van der Waals surface area contributed by atoms with Crippen molar-refractivity contribution in [3.05, 3.63) is 89.5 Å². The van der Waals surface area contributed by atoms with Crippen LogP contribution in [0.5, 0.6) is 11.5 Å². The van der Waals surface area contributed by atoms with E-state index in [1.54, 1.807) is 35.2 Å². The summed E-state index contributed by atoms with van der Waals surface area (Å²) in [4.78, 5) is 27.5. The average Bonchev–Trinajstić information content (AvgIpc) is 2.91. The van der Waals surface area contributed by atoms with Gasteiger partial charge in [0.1, 0.15) is 5.75 Å². The van der Waals surface area contributed by atoms with E-state index in [0.29, 0.717) is 41.4 Å². The maximum Gasteiger partial charge on any atom is 0.262 e. The van der Waals surface area contributed by atoms with Crippen LogP contribution in [0, 0.1) is 0 Å². The quantitative estimate of drug-likeness (QED) is 0.656. The van der Waals surface area contributed by atoms with Crippen molar-refractivity contribution >= 4 is 17.5 Å².